The van der Waals surface area contributed by atoms with Crippen LogP contribution in [0.3, 0.4) is 0 Å². The van der Waals surface area contributed by atoms with Gasteiger partial charge in [-0.1, -0.05) is 0 Å². The molecule has 1 saturated heterocycles. The number of piperidine rings is 1. The number of furan rings is 1. The normalized spacial score (nSPS) is 14.5. The van der Waals surface area contributed by atoms with E-state index in [4.69, 9.17) is 4.42 Å². The largest absolute Gasteiger partial charge is 0.459 e. The molecule has 3 amide bonds. The lowest BCUT2D eigenvalue weighted by Crippen LogP contribution is -2.44. The van der Waals surface area contributed by atoms with Crippen LogP contribution in [-0.2, 0) is 4.79 Å². The molecule has 28 heavy (non-hydrogen) atoms. The molecular weight excluding hydrogens is 365 g/mol. The summed E-state index contributed by atoms with van der Waals surface area (Å²) in [6.07, 6.45) is 2.63. The van der Waals surface area contributed by atoms with Crippen LogP contribution in [0, 0.1) is 11.7 Å². The SMILES string of the molecule is O=C(NCCNC(=O)C1CCN(C(=O)c2ccco2)CC1)c1ccc(F)cc1. The maximum atomic E-state index is 12.9. The zero-order valence-electron chi connectivity index (χ0n) is 15.3. The van der Waals surface area contributed by atoms with Crippen LogP contribution in [0.1, 0.15) is 33.8 Å². The summed E-state index contributed by atoms with van der Waals surface area (Å²) >= 11 is 0. The van der Waals surface area contributed by atoms with Gasteiger partial charge in [0.05, 0.1) is 6.26 Å². The molecule has 2 heterocycles. The second kappa shape index (κ2) is 9.16. The van der Waals surface area contributed by atoms with Crippen LogP contribution < -0.4 is 10.6 Å². The van der Waals surface area contributed by atoms with Crippen molar-refractivity contribution in [2.24, 2.45) is 5.92 Å². The van der Waals surface area contributed by atoms with E-state index in [-0.39, 0.29) is 30.2 Å². The zero-order chi connectivity index (χ0) is 19.9. The molecule has 0 bridgehead atoms. The second-order valence-corrected chi connectivity index (χ2v) is 6.60. The minimum absolute atomic E-state index is 0.0823. The molecule has 8 heteroatoms. The predicted molar refractivity (Wildman–Crippen MR) is 99.1 cm³/mol. The van der Waals surface area contributed by atoms with E-state index in [2.05, 4.69) is 10.6 Å². The maximum absolute atomic E-state index is 12.9. The number of carbonyl (C=O) groups is 3. The van der Waals surface area contributed by atoms with Crippen molar-refractivity contribution in [3.05, 3.63) is 59.8 Å². The molecule has 7 nitrogen and oxygen atoms in total. The van der Waals surface area contributed by atoms with Crippen LogP contribution in [0.25, 0.3) is 0 Å². The number of nitrogens with zero attached hydrogens (tertiary/aromatic N) is 1. The molecule has 148 valence electrons. The number of benzene rings is 1. The van der Waals surface area contributed by atoms with E-state index in [1.807, 2.05) is 0 Å². The number of nitrogens with one attached hydrogen (secondary N) is 2. The highest BCUT2D eigenvalue weighted by molar-refractivity contribution is 5.94. The first kappa shape index (κ1) is 19.6. The van der Waals surface area contributed by atoms with E-state index in [0.29, 0.717) is 43.8 Å². The topological polar surface area (TPSA) is 91.7 Å². The van der Waals surface area contributed by atoms with E-state index in [1.165, 1.54) is 30.5 Å². The Hall–Kier alpha value is -3.16. The maximum Gasteiger partial charge on any atom is 0.289 e. The molecule has 3 rings (SSSR count). The van der Waals surface area contributed by atoms with Crippen molar-refractivity contribution in [2.75, 3.05) is 26.2 Å². The molecule has 1 aromatic carbocycles. The fraction of sp³-hybridized carbons (Fsp3) is 0.350. The third kappa shape index (κ3) is 4.97. The summed E-state index contributed by atoms with van der Waals surface area (Å²) in [6, 6.07) is 8.55. The van der Waals surface area contributed by atoms with Gasteiger partial charge in [-0.25, -0.2) is 4.39 Å². The second-order valence-electron chi connectivity index (χ2n) is 6.60. The van der Waals surface area contributed by atoms with Gasteiger partial charge in [-0.3, -0.25) is 14.4 Å². The van der Waals surface area contributed by atoms with E-state index in [1.54, 1.807) is 17.0 Å². The fourth-order valence-electron chi connectivity index (χ4n) is 3.11. The highest BCUT2D eigenvalue weighted by atomic mass is 19.1. The number of hydrogen-bond donors (Lipinski definition) is 2. The molecule has 0 aliphatic carbocycles. The van der Waals surface area contributed by atoms with E-state index in [9.17, 15) is 18.8 Å². The van der Waals surface area contributed by atoms with Crippen molar-refractivity contribution in [3.63, 3.8) is 0 Å². The molecule has 2 N–H and O–H groups in total. The summed E-state index contributed by atoms with van der Waals surface area (Å²) in [7, 11) is 0. The molecule has 1 aromatic heterocycles. The van der Waals surface area contributed by atoms with Crippen LogP contribution in [0.2, 0.25) is 0 Å². The molecule has 0 saturated carbocycles. The number of amides is 3. The van der Waals surface area contributed by atoms with Crippen LogP contribution >= 0.6 is 0 Å². The molecule has 0 unspecified atom stereocenters. The van der Waals surface area contributed by atoms with Gasteiger partial charge in [0.2, 0.25) is 5.91 Å². The number of carbonyl (C=O) groups excluding carboxylic acids is 3. The summed E-state index contributed by atoms with van der Waals surface area (Å²) in [4.78, 5) is 38.1. The van der Waals surface area contributed by atoms with Gasteiger partial charge in [0.1, 0.15) is 5.82 Å². The third-order valence-corrected chi connectivity index (χ3v) is 4.70. The molecular formula is C20H22FN3O4. The zero-order valence-corrected chi connectivity index (χ0v) is 15.3. The fourth-order valence-corrected chi connectivity index (χ4v) is 3.11. The van der Waals surface area contributed by atoms with Gasteiger partial charge in [-0.15, -0.1) is 0 Å². The lowest BCUT2D eigenvalue weighted by atomic mass is 9.95. The van der Waals surface area contributed by atoms with Crippen LogP contribution in [0.15, 0.2) is 47.1 Å². The van der Waals surface area contributed by atoms with E-state index >= 15 is 0 Å². The van der Waals surface area contributed by atoms with Crippen molar-refractivity contribution >= 4 is 17.7 Å². The van der Waals surface area contributed by atoms with Gasteiger partial charge >= 0.3 is 0 Å². The van der Waals surface area contributed by atoms with Gasteiger partial charge < -0.3 is 20.0 Å². The Balaban J connectivity index is 1.35. The first-order valence-electron chi connectivity index (χ1n) is 9.19. The van der Waals surface area contributed by atoms with E-state index in [0.717, 1.165) is 0 Å². The Kier molecular flexibility index (Phi) is 6.41. The first-order valence-corrected chi connectivity index (χ1v) is 9.19. The van der Waals surface area contributed by atoms with Crippen LogP contribution in [0.4, 0.5) is 4.39 Å². The minimum Gasteiger partial charge on any atom is -0.459 e. The Labute approximate surface area is 161 Å². The summed E-state index contributed by atoms with van der Waals surface area (Å²) < 4.78 is 18.0. The molecule has 0 atom stereocenters. The quantitative estimate of drug-likeness (QED) is 0.740. The lowest BCUT2D eigenvalue weighted by molar-refractivity contribution is -0.126. The summed E-state index contributed by atoms with van der Waals surface area (Å²) in [5, 5.41) is 5.48. The van der Waals surface area contributed by atoms with Crippen molar-refractivity contribution in [1.82, 2.24) is 15.5 Å². The van der Waals surface area contributed by atoms with Crippen molar-refractivity contribution < 1.29 is 23.2 Å². The number of hydrogen-bond acceptors (Lipinski definition) is 4. The first-order chi connectivity index (χ1) is 13.5. The number of likely N-dealkylation sites (tertiary alicyclic amines) is 1. The molecule has 0 spiro atoms. The highest BCUT2D eigenvalue weighted by Crippen LogP contribution is 2.19. The smallest absolute Gasteiger partial charge is 0.289 e. The van der Waals surface area contributed by atoms with Gasteiger partial charge in [0.25, 0.3) is 11.8 Å². The number of rotatable bonds is 6. The minimum atomic E-state index is -0.402. The van der Waals surface area contributed by atoms with Gasteiger partial charge in [-0.05, 0) is 49.2 Å². The standard InChI is InChI=1S/C20H22FN3O4/c21-16-5-3-14(4-6-16)18(25)22-9-10-23-19(26)15-7-11-24(12-8-15)20(27)17-2-1-13-28-17/h1-6,13,15H,7-12H2,(H,22,25)(H,23,26). The van der Waals surface area contributed by atoms with Gasteiger partial charge in [0, 0.05) is 37.7 Å². The third-order valence-electron chi connectivity index (χ3n) is 4.70. The monoisotopic (exact) mass is 387 g/mol. The highest BCUT2D eigenvalue weighted by Gasteiger charge is 2.28. The average Bonchev–Trinajstić information content (AvgIpc) is 3.26. The van der Waals surface area contributed by atoms with Gasteiger partial charge in [0.15, 0.2) is 5.76 Å². The lowest BCUT2D eigenvalue weighted by Gasteiger charge is -2.30. The van der Waals surface area contributed by atoms with Crippen LogP contribution in [0.5, 0.6) is 0 Å². The van der Waals surface area contributed by atoms with Crippen molar-refractivity contribution in [3.8, 4) is 0 Å². The Morgan fingerprint density at radius 3 is 2.36 bits per heavy atom. The van der Waals surface area contributed by atoms with Gasteiger partial charge in [-0.2, -0.15) is 0 Å². The van der Waals surface area contributed by atoms with Crippen molar-refractivity contribution in [2.45, 2.75) is 12.8 Å². The predicted octanol–water partition coefficient (Wildman–Crippen LogP) is 1.82. The molecule has 0 radical (unpaired) electrons. The van der Waals surface area contributed by atoms with Crippen LogP contribution in [-0.4, -0.2) is 48.8 Å². The Morgan fingerprint density at radius 1 is 1.04 bits per heavy atom. The summed E-state index contributed by atoms with van der Waals surface area (Å²) in [5.74, 6) is -0.818. The summed E-state index contributed by atoms with van der Waals surface area (Å²) in [6.45, 7) is 1.58. The Bertz CT molecular complexity index is 812. The van der Waals surface area contributed by atoms with E-state index < -0.39 is 5.82 Å². The average molecular weight is 387 g/mol. The molecule has 2 aromatic rings. The van der Waals surface area contributed by atoms with Crippen molar-refractivity contribution in [1.29, 1.82) is 0 Å². The molecule has 1 aliphatic rings. The summed E-state index contributed by atoms with van der Waals surface area (Å²) in [5.41, 5.74) is 0.362. The molecule has 1 fully saturated rings. The number of halogens is 1. The molecule has 1 aliphatic heterocycles. The Morgan fingerprint density at radius 2 is 1.71 bits per heavy atom.